The molecule has 0 bridgehead atoms. The van der Waals surface area contributed by atoms with Crippen LogP contribution < -0.4 is 15.4 Å². The van der Waals surface area contributed by atoms with E-state index in [1.165, 1.54) is 24.4 Å². The van der Waals surface area contributed by atoms with Crippen LogP contribution >= 0.6 is 0 Å². The molecule has 0 radical (unpaired) electrons. The lowest BCUT2D eigenvalue weighted by atomic mass is 10.1. The summed E-state index contributed by atoms with van der Waals surface area (Å²) in [5.74, 6) is -0.847. The highest BCUT2D eigenvalue weighted by molar-refractivity contribution is 6.08. The summed E-state index contributed by atoms with van der Waals surface area (Å²) in [5, 5.41) is 27.6. The molecule has 30 heavy (non-hydrogen) atoms. The maximum Gasteiger partial charge on any atom is 0.573 e. The average Bonchev–Trinajstić information content (AvgIpc) is 3.24. The second-order valence-corrected chi connectivity index (χ2v) is 5.62. The first kappa shape index (κ1) is 20.3. The van der Waals surface area contributed by atoms with Gasteiger partial charge in [0.25, 0.3) is 5.91 Å². The molecule has 3 N–H and O–H groups in total. The molecule has 1 aromatic heterocycles. The van der Waals surface area contributed by atoms with Crippen molar-refractivity contribution >= 4 is 22.9 Å². The van der Waals surface area contributed by atoms with Crippen LogP contribution in [0.2, 0.25) is 0 Å². The predicted molar refractivity (Wildman–Crippen MR) is 98.9 cm³/mol. The van der Waals surface area contributed by atoms with Crippen LogP contribution in [0.15, 0.2) is 54.7 Å². The van der Waals surface area contributed by atoms with Gasteiger partial charge >= 0.3 is 6.36 Å². The Morgan fingerprint density at radius 3 is 2.53 bits per heavy atom. The van der Waals surface area contributed by atoms with Crippen LogP contribution in [0.4, 0.5) is 24.5 Å². The fourth-order valence-electron chi connectivity index (χ4n) is 2.32. The summed E-state index contributed by atoms with van der Waals surface area (Å²) in [6.45, 7) is 0. The number of nitrogens with zero attached hydrogens (tertiary/aromatic N) is 4. The number of aromatic nitrogens is 4. The predicted octanol–water partition coefficient (Wildman–Crippen LogP) is 3.33. The molecule has 0 saturated carbocycles. The van der Waals surface area contributed by atoms with Gasteiger partial charge in [-0.05, 0) is 41.6 Å². The lowest BCUT2D eigenvalue weighted by molar-refractivity contribution is -0.274. The molecule has 0 spiro atoms. The van der Waals surface area contributed by atoms with Gasteiger partial charge in [0.1, 0.15) is 17.4 Å². The first-order valence-electron chi connectivity index (χ1n) is 8.22. The Morgan fingerprint density at radius 2 is 1.90 bits per heavy atom. The van der Waals surface area contributed by atoms with Gasteiger partial charge in [-0.3, -0.25) is 4.79 Å². The maximum absolute atomic E-state index is 12.6. The zero-order valence-corrected chi connectivity index (χ0v) is 14.9. The normalized spacial score (nSPS) is 11.5. The molecule has 0 saturated heterocycles. The Kier molecular flexibility index (Phi) is 5.92. The molecule has 0 aliphatic carbocycles. The van der Waals surface area contributed by atoms with Crippen LogP contribution in [-0.4, -0.2) is 32.9 Å². The number of aromatic amines is 1. The van der Waals surface area contributed by atoms with Gasteiger partial charge in [-0.2, -0.15) is 10.5 Å². The molecule has 0 aliphatic rings. The SMILES string of the molecule is N#CC(=CNc1ccccc1C(=O)Nc1ccc(OC(F)(F)F)cc1)c1nn[nH]n1. The molecule has 1 heterocycles. The van der Waals surface area contributed by atoms with Crippen molar-refractivity contribution in [1.82, 2.24) is 20.6 Å². The number of carbonyl (C=O) groups excluding carboxylic acids is 1. The van der Waals surface area contributed by atoms with Gasteiger partial charge in [0.05, 0.1) is 11.3 Å². The first-order chi connectivity index (χ1) is 14.4. The number of rotatable bonds is 6. The number of amides is 1. The van der Waals surface area contributed by atoms with Crippen LogP contribution in [0.5, 0.6) is 5.75 Å². The number of tetrazole rings is 1. The third-order valence-electron chi connectivity index (χ3n) is 3.60. The quantitative estimate of drug-likeness (QED) is 0.527. The van der Waals surface area contributed by atoms with Crippen LogP contribution in [0.1, 0.15) is 16.2 Å². The summed E-state index contributed by atoms with van der Waals surface area (Å²) in [5.41, 5.74) is 0.960. The van der Waals surface area contributed by atoms with E-state index >= 15 is 0 Å². The Bertz CT molecular complexity index is 1090. The summed E-state index contributed by atoms with van der Waals surface area (Å²) in [6.07, 6.45) is -3.48. The van der Waals surface area contributed by atoms with Gasteiger partial charge in [0.2, 0.25) is 5.82 Å². The molecule has 3 rings (SSSR count). The van der Waals surface area contributed by atoms with E-state index in [0.717, 1.165) is 12.1 Å². The Balaban J connectivity index is 1.74. The van der Waals surface area contributed by atoms with Crippen molar-refractivity contribution < 1.29 is 22.7 Å². The van der Waals surface area contributed by atoms with Crippen molar-refractivity contribution in [2.45, 2.75) is 6.36 Å². The molecule has 0 aliphatic heterocycles. The van der Waals surface area contributed by atoms with E-state index in [2.05, 4.69) is 36.0 Å². The summed E-state index contributed by atoms with van der Waals surface area (Å²) in [4.78, 5) is 12.6. The molecule has 12 heteroatoms. The number of benzene rings is 2. The molecule has 0 unspecified atom stereocenters. The van der Waals surface area contributed by atoms with Gasteiger partial charge in [-0.15, -0.1) is 23.4 Å². The summed E-state index contributed by atoms with van der Waals surface area (Å²) in [6, 6.07) is 13.1. The Hall–Kier alpha value is -4.40. The fraction of sp³-hybridized carbons (Fsp3) is 0.0556. The summed E-state index contributed by atoms with van der Waals surface area (Å²) < 4.78 is 40.5. The summed E-state index contributed by atoms with van der Waals surface area (Å²) in [7, 11) is 0. The van der Waals surface area contributed by atoms with Crippen molar-refractivity contribution in [3.05, 3.63) is 66.1 Å². The first-order valence-corrected chi connectivity index (χ1v) is 8.22. The number of alkyl halides is 3. The molecular weight excluding hydrogens is 403 g/mol. The lowest BCUT2D eigenvalue weighted by Crippen LogP contribution is -2.17. The number of nitriles is 1. The van der Waals surface area contributed by atoms with E-state index in [-0.39, 0.29) is 22.6 Å². The lowest BCUT2D eigenvalue weighted by Gasteiger charge is -2.12. The van der Waals surface area contributed by atoms with E-state index in [9.17, 15) is 23.2 Å². The third kappa shape index (κ3) is 5.32. The van der Waals surface area contributed by atoms with Crippen molar-refractivity contribution in [2.24, 2.45) is 0 Å². The highest BCUT2D eigenvalue weighted by Crippen LogP contribution is 2.25. The highest BCUT2D eigenvalue weighted by Gasteiger charge is 2.31. The molecule has 9 nitrogen and oxygen atoms in total. The zero-order chi connectivity index (χ0) is 21.6. The number of para-hydroxylation sites is 1. The van der Waals surface area contributed by atoms with Gasteiger partial charge in [-0.25, -0.2) is 0 Å². The molecule has 0 atom stereocenters. The van der Waals surface area contributed by atoms with Gasteiger partial charge in [0.15, 0.2) is 0 Å². The minimum absolute atomic E-state index is 0.0769. The number of H-pyrrole nitrogens is 1. The van der Waals surface area contributed by atoms with Crippen LogP contribution in [0.3, 0.4) is 0 Å². The minimum atomic E-state index is -4.80. The Labute approximate surface area is 167 Å². The average molecular weight is 415 g/mol. The molecular formula is C18H12F3N7O2. The van der Waals surface area contributed by atoms with E-state index in [0.29, 0.717) is 5.69 Å². The standard InChI is InChI=1S/C18H12F3N7O2/c19-18(20,21)30-13-7-5-12(6-8-13)24-17(29)14-3-1-2-4-15(14)23-10-11(9-22)16-25-27-28-26-16/h1-8,10,23H,(H,24,29)(H,25,26,27,28). The van der Waals surface area contributed by atoms with Crippen molar-refractivity contribution in [2.75, 3.05) is 10.6 Å². The van der Waals surface area contributed by atoms with Crippen LogP contribution in [0, 0.1) is 11.3 Å². The molecule has 1 amide bonds. The molecule has 152 valence electrons. The number of carbonyl (C=O) groups is 1. The largest absolute Gasteiger partial charge is 0.573 e. The second-order valence-electron chi connectivity index (χ2n) is 5.62. The van der Waals surface area contributed by atoms with Gasteiger partial charge in [0, 0.05) is 11.9 Å². The summed E-state index contributed by atoms with van der Waals surface area (Å²) >= 11 is 0. The number of halogens is 3. The zero-order valence-electron chi connectivity index (χ0n) is 14.9. The molecule has 0 fully saturated rings. The number of anilines is 2. The van der Waals surface area contributed by atoms with E-state index in [1.807, 2.05) is 6.07 Å². The highest BCUT2D eigenvalue weighted by atomic mass is 19.4. The van der Waals surface area contributed by atoms with Crippen molar-refractivity contribution in [1.29, 1.82) is 5.26 Å². The number of hydrogen-bond donors (Lipinski definition) is 3. The van der Waals surface area contributed by atoms with E-state index < -0.39 is 18.0 Å². The molecule has 3 aromatic rings. The van der Waals surface area contributed by atoms with Gasteiger partial charge in [-0.1, -0.05) is 12.1 Å². The third-order valence-corrected chi connectivity index (χ3v) is 3.60. The van der Waals surface area contributed by atoms with E-state index in [4.69, 9.17) is 0 Å². The number of nitrogens with one attached hydrogen (secondary N) is 3. The maximum atomic E-state index is 12.6. The topological polar surface area (TPSA) is 129 Å². The number of ether oxygens (including phenoxy) is 1. The van der Waals surface area contributed by atoms with Crippen molar-refractivity contribution in [3.63, 3.8) is 0 Å². The fourth-order valence-corrected chi connectivity index (χ4v) is 2.32. The number of hydrogen-bond acceptors (Lipinski definition) is 7. The van der Waals surface area contributed by atoms with Crippen LogP contribution in [-0.2, 0) is 0 Å². The minimum Gasteiger partial charge on any atom is -0.406 e. The monoisotopic (exact) mass is 415 g/mol. The second kappa shape index (κ2) is 8.74. The molecule has 2 aromatic carbocycles. The van der Waals surface area contributed by atoms with Gasteiger partial charge < -0.3 is 15.4 Å². The smallest absolute Gasteiger partial charge is 0.406 e. The van der Waals surface area contributed by atoms with Crippen molar-refractivity contribution in [3.8, 4) is 11.8 Å². The Morgan fingerprint density at radius 1 is 1.17 bits per heavy atom. The van der Waals surface area contributed by atoms with Crippen LogP contribution in [0.25, 0.3) is 5.57 Å². The van der Waals surface area contributed by atoms with E-state index in [1.54, 1.807) is 18.2 Å². The number of allylic oxidation sites excluding steroid dienone is 1.